The van der Waals surface area contributed by atoms with E-state index in [0.717, 1.165) is 25.3 Å². The summed E-state index contributed by atoms with van der Waals surface area (Å²) in [6.45, 7) is 5.04. The second kappa shape index (κ2) is 9.28. The first kappa shape index (κ1) is 19.8. The fraction of sp³-hybridized carbons (Fsp3) is 0.333. The minimum absolute atomic E-state index is 0. The Hall–Kier alpha value is -2.48. The number of nitrogens with zero attached hydrogens (tertiary/aromatic N) is 7. The van der Waals surface area contributed by atoms with E-state index in [0.29, 0.717) is 5.95 Å². The number of imidazole rings is 2. The number of halogens is 1. The minimum Gasteiger partial charge on any atom is -1.00 e. The van der Waals surface area contributed by atoms with Gasteiger partial charge in [-0.1, -0.05) is 0 Å². The summed E-state index contributed by atoms with van der Waals surface area (Å²) >= 11 is 0. The number of rotatable bonds is 7. The first-order valence-electron chi connectivity index (χ1n) is 8.41. The van der Waals surface area contributed by atoms with Gasteiger partial charge in [-0.25, -0.2) is 14.1 Å². The van der Waals surface area contributed by atoms with Gasteiger partial charge >= 0.3 is 0 Å². The van der Waals surface area contributed by atoms with E-state index in [1.807, 2.05) is 37.0 Å². The number of hydrogen-bond donors (Lipinski definition) is 0. The maximum absolute atomic E-state index is 4.25. The zero-order valence-corrected chi connectivity index (χ0v) is 16.9. The molecule has 0 spiro atoms. The summed E-state index contributed by atoms with van der Waals surface area (Å²) in [5.74, 6) is 0.596. The first-order chi connectivity index (χ1) is 12.2. The van der Waals surface area contributed by atoms with Crippen LogP contribution in [0.15, 0.2) is 65.6 Å². The zero-order chi connectivity index (χ0) is 17.6. The van der Waals surface area contributed by atoms with E-state index in [1.54, 1.807) is 6.20 Å². The summed E-state index contributed by atoms with van der Waals surface area (Å²) in [6, 6.07) is 8.15. The van der Waals surface area contributed by atoms with Gasteiger partial charge in [0.25, 0.3) is 0 Å². The number of azo groups is 1. The van der Waals surface area contributed by atoms with Gasteiger partial charge in [0.2, 0.25) is 12.3 Å². The van der Waals surface area contributed by atoms with Gasteiger partial charge in [0.15, 0.2) is 0 Å². The molecule has 138 valence electrons. The lowest BCUT2D eigenvalue weighted by Gasteiger charge is -2.22. The van der Waals surface area contributed by atoms with Crippen molar-refractivity contribution in [2.24, 2.45) is 24.3 Å². The highest BCUT2D eigenvalue weighted by molar-refractivity contribution is 5.52. The molecule has 2 aromatic heterocycles. The SMILES string of the molecule is CCN(CCn1cc[n+](C)c1)c1ccc(N=Nc2nccn2C)cc1.[Br-]. The number of aryl methyl sites for hydroxylation is 2. The van der Waals surface area contributed by atoms with Gasteiger partial charge in [-0.3, -0.25) is 0 Å². The standard InChI is InChI=1S/C18H24N7.BrH/c1-4-25(14-13-24-12-11-22(2)15-24)17-7-5-16(6-8-17)20-21-18-19-9-10-23(18)3;/h5-12,15H,4,13-14H2,1-3H3;1H/q+1;/p-1. The summed E-state index contributed by atoms with van der Waals surface area (Å²) in [5.41, 5.74) is 2.01. The van der Waals surface area contributed by atoms with Gasteiger partial charge in [-0.2, -0.15) is 0 Å². The highest BCUT2D eigenvalue weighted by atomic mass is 79.9. The molecule has 26 heavy (non-hydrogen) atoms. The largest absolute Gasteiger partial charge is 1.00 e. The van der Waals surface area contributed by atoms with Gasteiger partial charge in [0.05, 0.1) is 19.3 Å². The van der Waals surface area contributed by atoms with Crippen molar-refractivity contribution in [3.05, 3.63) is 55.4 Å². The predicted molar refractivity (Wildman–Crippen MR) is 97.3 cm³/mol. The fourth-order valence-electron chi connectivity index (χ4n) is 2.63. The van der Waals surface area contributed by atoms with Crippen LogP contribution in [-0.4, -0.2) is 27.2 Å². The second-order valence-corrected chi connectivity index (χ2v) is 5.95. The smallest absolute Gasteiger partial charge is 0.249 e. The Morgan fingerprint density at radius 1 is 1.15 bits per heavy atom. The summed E-state index contributed by atoms with van der Waals surface area (Å²) in [4.78, 5) is 6.48. The van der Waals surface area contributed by atoms with Crippen molar-refractivity contribution in [2.45, 2.75) is 13.5 Å². The average Bonchev–Trinajstić information content (AvgIpc) is 3.23. The third-order valence-electron chi connectivity index (χ3n) is 4.10. The van der Waals surface area contributed by atoms with E-state index in [2.05, 4.69) is 67.0 Å². The first-order valence-corrected chi connectivity index (χ1v) is 8.41. The van der Waals surface area contributed by atoms with E-state index in [9.17, 15) is 0 Å². The molecule has 1 aromatic carbocycles. The van der Waals surface area contributed by atoms with Crippen LogP contribution in [0.1, 0.15) is 6.92 Å². The molecule has 0 radical (unpaired) electrons. The van der Waals surface area contributed by atoms with Gasteiger partial charge < -0.3 is 26.4 Å². The molecule has 0 bridgehead atoms. The molecular weight excluding hydrogens is 394 g/mol. The third kappa shape index (κ3) is 5.01. The molecule has 0 aliphatic rings. The van der Waals surface area contributed by atoms with Crippen molar-refractivity contribution in [2.75, 3.05) is 18.0 Å². The van der Waals surface area contributed by atoms with Crippen LogP contribution in [0, 0.1) is 0 Å². The van der Waals surface area contributed by atoms with Crippen LogP contribution in [0.3, 0.4) is 0 Å². The van der Waals surface area contributed by atoms with Crippen molar-refractivity contribution in [1.29, 1.82) is 0 Å². The van der Waals surface area contributed by atoms with E-state index < -0.39 is 0 Å². The molecule has 0 aliphatic heterocycles. The lowest BCUT2D eigenvalue weighted by Crippen LogP contribution is -3.00. The summed E-state index contributed by atoms with van der Waals surface area (Å²) in [7, 11) is 3.93. The van der Waals surface area contributed by atoms with Crippen LogP contribution in [0.4, 0.5) is 17.3 Å². The molecule has 0 atom stereocenters. The van der Waals surface area contributed by atoms with E-state index in [1.165, 1.54) is 5.69 Å². The maximum Gasteiger partial charge on any atom is 0.249 e. The molecule has 2 heterocycles. The van der Waals surface area contributed by atoms with Crippen molar-refractivity contribution >= 4 is 17.3 Å². The summed E-state index contributed by atoms with van der Waals surface area (Å²) in [6.07, 6.45) is 9.80. The monoisotopic (exact) mass is 417 g/mol. The number of benzene rings is 1. The predicted octanol–water partition coefficient (Wildman–Crippen LogP) is -0.00800. The summed E-state index contributed by atoms with van der Waals surface area (Å²) < 4.78 is 6.08. The number of hydrogen-bond acceptors (Lipinski definition) is 4. The minimum atomic E-state index is 0. The highest BCUT2D eigenvalue weighted by Gasteiger charge is 2.07. The Bertz CT molecular complexity index is 835. The Balaban J connectivity index is 0.00000243. The highest BCUT2D eigenvalue weighted by Crippen LogP contribution is 2.21. The lowest BCUT2D eigenvalue weighted by molar-refractivity contribution is -0.671. The van der Waals surface area contributed by atoms with Crippen molar-refractivity contribution in [3.63, 3.8) is 0 Å². The van der Waals surface area contributed by atoms with E-state index in [-0.39, 0.29) is 17.0 Å². The number of aromatic nitrogens is 4. The maximum atomic E-state index is 4.25. The Morgan fingerprint density at radius 2 is 1.92 bits per heavy atom. The van der Waals surface area contributed by atoms with Crippen LogP contribution in [-0.2, 0) is 20.6 Å². The topological polar surface area (TPSA) is 54.6 Å². The van der Waals surface area contributed by atoms with Crippen LogP contribution in [0.2, 0.25) is 0 Å². The zero-order valence-electron chi connectivity index (χ0n) is 15.3. The number of likely N-dealkylation sites (N-methyl/N-ethyl adjacent to an activating group) is 1. The van der Waals surface area contributed by atoms with Crippen molar-refractivity contribution in [3.8, 4) is 0 Å². The van der Waals surface area contributed by atoms with Gasteiger partial charge in [0, 0.05) is 31.7 Å². The molecule has 8 heteroatoms. The van der Waals surface area contributed by atoms with Crippen LogP contribution in [0.25, 0.3) is 0 Å². The second-order valence-electron chi connectivity index (χ2n) is 5.95. The summed E-state index contributed by atoms with van der Waals surface area (Å²) in [5, 5.41) is 8.42. The molecule has 3 aromatic rings. The number of anilines is 1. The normalized spacial score (nSPS) is 10.9. The molecule has 0 saturated heterocycles. The lowest BCUT2D eigenvalue weighted by atomic mass is 10.2. The van der Waals surface area contributed by atoms with Crippen molar-refractivity contribution in [1.82, 2.24) is 14.1 Å². The molecule has 0 fully saturated rings. The van der Waals surface area contributed by atoms with E-state index >= 15 is 0 Å². The molecule has 0 unspecified atom stereocenters. The van der Waals surface area contributed by atoms with Crippen LogP contribution >= 0.6 is 0 Å². The molecule has 0 amide bonds. The molecule has 0 aliphatic carbocycles. The molecule has 0 N–H and O–H groups in total. The van der Waals surface area contributed by atoms with Gasteiger partial charge in [0.1, 0.15) is 18.9 Å². The molecule has 3 rings (SSSR count). The van der Waals surface area contributed by atoms with Crippen LogP contribution in [0.5, 0.6) is 0 Å². The quantitative estimate of drug-likeness (QED) is 0.401. The van der Waals surface area contributed by atoms with Gasteiger partial charge in [-0.05, 0) is 31.2 Å². The third-order valence-corrected chi connectivity index (χ3v) is 4.10. The van der Waals surface area contributed by atoms with Crippen LogP contribution < -0.4 is 26.4 Å². The fourth-order valence-corrected chi connectivity index (χ4v) is 2.63. The average molecular weight is 418 g/mol. The molecule has 7 nitrogen and oxygen atoms in total. The Morgan fingerprint density at radius 3 is 2.50 bits per heavy atom. The molecular formula is C18H24BrN7. The Kier molecular flexibility index (Phi) is 7.08. The Labute approximate surface area is 164 Å². The van der Waals surface area contributed by atoms with E-state index in [4.69, 9.17) is 0 Å². The van der Waals surface area contributed by atoms with Gasteiger partial charge in [-0.15, -0.1) is 10.2 Å². The molecule has 0 saturated carbocycles. The van der Waals surface area contributed by atoms with Crippen molar-refractivity contribution < 1.29 is 21.5 Å².